The van der Waals surface area contributed by atoms with E-state index in [1.54, 1.807) is 11.5 Å². The third-order valence-electron chi connectivity index (χ3n) is 5.11. The Balaban J connectivity index is 1.64. The molecule has 1 atom stereocenters. The monoisotopic (exact) mass is 452 g/mol. The minimum atomic E-state index is -1.13. The lowest BCUT2D eigenvalue weighted by Crippen LogP contribution is -2.38. The Morgan fingerprint density at radius 2 is 1.97 bits per heavy atom. The van der Waals surface area contributed by atoms with E-state index in [9.17, 15) is 14.0 Å². The maximum Gasteiger partial charge on any atom is 0.275 e. The van der Waals surface area contributed by atoms with Crippen LogP contribution in [0.5, 0.6) is 5.88 Å². The van der Waals surface area contributed by atoms with Crippen molar-refractivity contribution < 1.29 is 18.7 Å². The highest BCUT2D eigenvalue weighted by Crippen LogP contribution is 2.36. The molecule has 0 aliphatic carbocycles. The predicted octanol–water partition coefficient (Wildman–Crippen LogP) is 1.67. The Labute approximate surface area is 187 Å². The maximum absolute atomic E-state index is 14.9. The minimum absolute atomic E-state index is 0.0656. The molecule has 0 unspecified atom stereocenters. The number of methoxy groups -OCH3 is 1. The molecule has 2 aromatic heterocycles. The zero-order valence-corrected chi connectivity index (χ0v) is 18.1. The lowest BCUT2D eigenvalue weighted by atomic mass is 9.90. The number of nitrogens with one attached hydrogen (secondary N) is 2. The summed E-state index contributed by atoms with van der Waals surface area (Å²) in [4.78, 5) is 40.7. The van der Waals surface area contributed by atoms with Crippen molar-refractivity contribution in [3.63, 3.8) is 0 Å². The molecule has 170 valence electrons. The van der Waals surface area contributed by atoms with E-state index >= 15 is 0 Å². The second-order valence-electron chi connectivity index (χ2n) is 7.60. The zero-order chi connectivity index (χ0) is 23.8. The van der Waals surface area contributed by atoms with Gasteiger partial charge >= 0.3 is 0 Å². The van der Waals surface area contributed by atoms with Crippen molar-refractivity contribution in [1.29, 1.82) is 0 Å². The van der Waals surface area contributed by atoms with Crippen LogP contribution in [0.15, 0.2) is 41.8 Å². The standard InChI is InChI=1S/C21H21FN8O3/c1-11(31)27-20-26-8-16-18(23)29-21(2,10-30(16)20)13-6-12(4-5-14(13)22)28-19(32)15-7-25-17(33-3)9-24-15/h4-9H,10H2,1-3H3,(H2,23,29)(H,28,32)(H,26,27,31)/t21-/m0/s1. The number of fused-ring (bicyclic) bond motifs is 1. The summed E-state index contributed by atoms with van der Waals surface area (Å²) < 4.78 is 21.5. The molecule has 0 bridgehead atoms. The molecule has 33 heavy (non-hydrogen) atoms. The summed E-state index contributed by atoms with van der Waals surface area (Å²) in [6, 6.07) is 4.15. The average molecular weight is 452 g/mol. The van der Waals surface area contributed by atoms with E-state index in [2.05, 4.69) is 30.6 Å². The number of imidazole rings is 1. The molecule has 2 amide bonds. The second-order valence-corrected chi connectivity index (χ2v) is 7.60. The number of aromatic nitrogens is 4. The number of amidine groups is 1. The van der Waals surface area contributed by atoms with E-state index in [1.165, 1.54) is 50.8 Å². The van der Waals surface area contributed by atoms with Crippen LogP contribution in [-0.4, -0.2) is 44.3 Å². The first-order valence-corrected chi connectivity index (χ1v) is 9.86. The molecule has 0 radical (unpaired) electrons. The van der Waals surface area contributed by atoms with E-state index in [4.69, 9.17) is 10.5 Å². The summed E-state index contributed by atoms with van der Waals surface area (Å²) in [5.74, 6) is -0.650. The number of carbonyl (C=O) groups is 2. The minimum Gasteiger partial charge on any atom is -0.480 e. The fourth-order valence-corrected chi connectivity index (χ4v) is 3.56. The number of aliphatic imine (C=N–C) groups is 1. The zero-order valence-electron chi connectivity index (χ0n) is 18.1. The van der Waals surface area contributed by atoms with Gasteiger partial charge in [0.1, 0.15) is 28.6 Å². The summed E-state index contributed by atoms with van der Waals surface area (Å²) in [6.45, 7) is 3.23. The summed E-state index contributed by atoms with van der Waals surface area (Å²) >= 11 is 0. The largest absolute Gasteiger partial charge is 0.480 e. The molecule has 4 rings (SSSR count). The molecule has 4 N–H and O–H groups in total. The van der Waals surface area contributed by atoms with Crippen molar-refractivity contribution >= 4 is 29.3 Å². The molecule has 3 aromatic rings. The molecule has 0 fully saturated rings. The van der Waals surface area contributed by atoms with E-state index in [0.29, 0.717) is 11.4 Å². The van der Waals surface area contributed by atoms with Crippen molar-refractivity contribution in [2.45, 2.75) is 25.9 Å². The van der Waals surface area contributed by atoms with Crippen molar-refractivity contribution in [2.24, 2.45) is 10.7 Å². The average Bonchev–Trinajstić information content (AvgIpc) is 3.17. The van der Waals surface area contributed by atoms with Gasteiger partial charge in [-0.25, -0.2) is 19.3 Å². The lowest BCUT2D eigenvalue weighted by molar-refractivity contribution is -0.114. The van der Waals surface area contributed by atoms with Crippen LogP contribution in [0, 0.1) is 5.82 Å². The molecule has 12 heteroatoms. The van der Waals surface area contributed by atoms with Gasteiger partial charge in [0.15, 0.2) is 0 Å². The number of hydrogen-bond donors (Lipinski definition) is 3. The Hall–Kier alpha value is -4.35. The van der Waals surface area contributed by atoms with Gasteiger partial charge in [-0.2, -0.15) is 0 Å². The number of amides is 2. The smallest absolute Gasteiger partial charge is 0.275 e. The van der Waals surface area contributed by atoms with Crippen molar-refractivity contribution in [2.75, 3.05) is 17.7 Å². The number of rotatable bonds is 5. The van der Waals surface area contributed by atoms with Crippen molar-refractivity contribution in [3.8, 4) is 5.88 Å². The fraction of sp³-hybridized carbons (Fsp3) is 0.238. The second kappa shape index (κ2) is 8.30. The molecule has 1 aromatic carbocycles. The van der Waals surface area contributed by atoms with Crippen LogP contribution in [0.4, 0.5) is 16.0 Å². The third-order valence-corrected chi connectivity index (χ3v) is 5.11. The van der Waals surface area contributed by atoms with Gasteiger partial charge in [0.05, 0.1) is 32.2 Å². The summed E-state index contributed by atoms with van der Waals surface area (Å²) in [6.07, 6.45) is 4.09. The molecule has 11 nitrogen and oxygen atoms in total. The molecule has 3 heterocycles. The summed E-state index contributed by atoms with van der Waals surface area (Å²) in [7, 11) is 1.44. The Kier molecular flexibility index (Phi) is 5.50. The molecule has 1 aliphatic rings. The van der Waals surface area contributed by atoms with Crippen LogP contribution in [0.2, 0.25) is 0 Å². The number of carbonyl (C=O) groups excluding carboxylic acids is 2. The van der Waals surface area contributed by atoms with Gasteiger partial charge in [0.2, 0.25) is 17.7 Å². The lowest BCUT2D eigenvalue weighted by Gasteiger charge is -2.32. The maximum atomic E-state index is 14.9. The number of halogens is 1. The number of nitrogens with two attached hydrogens (primary N) is 1. The van der Waals surface area contributed by atoms with Crippen LogP contribution < -0.4 is 21.1 Å². The van der Waals surface area contributed by atoms with Crippen LogP contribution in [0.25, 0.3) is 0 Å². The first-order chi connectivity index (χ1) is 15.7. The fourth-order valence-electron chi connectivity index (χ4n) is 3.56. The molecule has 0 spiro atoms. The third kappa shape index (κ3) is 4.22. The Bertz CT molecular complexity index is 1270. The van der Waals surface area contributed by atoms with Crippen LogP contribution in [0.3, 0.4) is 0 Å². The van der Waals surface area contributed by atoms with E-state index in [-0.39, 0.29) is 41.4 Å². The predicted molar refractivity (Wildman–Crippen MR) is 118 cm³/mol. The number of anilines is 2. The van der Waals surface area contributed by atoms with Gasteiger partial charge in [-0.15, -0.1) is 0 Å². The van der Waals surface area contributed by atoms with Gasteiger partial charge < -0.3 is 20.4 Å². The van der Waals surface area contributed by atoms with E-state index < -0.39 is 17.3 Å². The van der Waals surface area contributed by atoms with E-state index in [0.717, 1.165) is 0 Å². The first kappa shape index (κ1) is 21.9. The number of ether oxygens (including phenoxy) is 1. The molecule has 0 saturated carbocycles. The topological polar surface area (TPSA) is 149 Å². The first-order valence-electron chi connectivity index (χ1n) is 9.86. The van der Waals surface area contributed by atoms with Gasteiger partial charge in [-0.1, -0.05) is 0 Å². The number of nitrogens with zero attached hydrogens (tertiary/aromatic N) is 5. The number of benzene rings is 1. The van der Waals surface area contributed by atoms with Gasteiger partial charge in [-0.3, -0.25) is 19.9 Å². The van der Waals surface area contributed by atoms with Crippen LogP contribution in [-0.2, 0) is 16.9 Å². The van der Waals surface area contributed by atoms with E-state index in [1.807, 2.05) is 0 Å². The molecule has 1 aliphatic heterocycles. The highest BCUT2D eigenvalue weighted by Gasteiger charge is 2.36. The molecular formula is C21H21FN8O3. The van der Waals surface area contributed by atoms with Crippen molar-refractivity contribution in [1.82, 2.24) is 19.5 Å². The summed E-state index contributed by atoms with van der Waals surface area (Å²) in [5, 5.41) is 5.31. The van der Waals surface area contributed by atoms with Crippen LogP contribution in [0.1, 0.15) is 35.6 Å². The molecular weight excluding hydrogens is 431 g/mol. The normalized spacial score (nSPS) is 17.0. The van der Waals surface area contributed by atoms with Crippen molar-refractivity contribution in [3.05, 3.63) is 59.6 Å². The van der Waals surface area contributed by atoms with Crippen LogP contribution >= 0.6 is 0 Å². The number of hydrogen-bond acceptors (Lipinski definition) is 8. The quantitative estimate of drug-likeness (QED) is 0.533. The SMILES string of the molecule is COc1cnc(C(=O)Nc2ccc(F)c([C@]3(C)Cn4c(cnc4NC(C)=O)C(N)=N3)c2)cn1. The van der Waals surface area contributed by atoms with Gasteiger partial charge in [-0.05, 0) is 25.1 Å². The highest BCUT2D eigenvalue weighted by atomic mass is 19.1. The summed E-state index contributed by atoms with van der Waals surface area (Å²) in [5.41, 5.74) is 6.12. The van der Waals surface area contributed by atoms with Gasteiger partial charge in [0.25, 0.3) is 5.91 Å². The van der Waals surface area contributed by atoms with Gasteiger partial charge in [0, 0.05) is 18.2 Å². The Morgan fingerprint density at radius 1 is 1.18 bits per heavy atom. The Morgan fingerprint density at radius 3 is 2.64 bits per heavy atom. The molecule has 0 saturated heterocycles. The highest BCUT2D eigenvalue weighted by molar-refractivity contribution is 6.02.